The first kappa shape index (κ1) is 10.5. The predicted molar refractivity (Wildman–Crippen MR) is 55.9 cm³/mol. The van der Waals surface area contributed by atoms with E-state index in [1.54, 1.807) is 24.3 Å². The first-order valence-corrected chi connectivity index (χ1v) is 5.11. The van der Waals surface area contributed by atoms with Crippen molar-refractivity contribution in [3.05, 3.63) is 24.3 Å². The summed E-state index contributed by atoms with van der Waals surface area (Å²) in [5.41, 5.74) is 0. The van der Waals surface area contributed by atoms with Gasteiger partial charge in [0.05, 0.1) is 5.92 Å². The minimum Gasteiger partial charge on any atom is -0.475 e. The van der Waals surface area contributed by atoms with Crippen molar-refractivity contribution >= 4 is 5.97 Å². The Bertz CT molecular complexity index is 432. The normalized spacial score (nSPS) is 13.9. The van der Waals surface area contributed by atoms with E-state index in [4.69, 9.17) is 14.7 Å². The zero-order valence-corrected chi connectivity index (χ0v) is 8.68. The Labute approximate surface area is 93.4 Å². The highest BCUT2D eigenvalue weighted by atomic mass is 16.6. The molecule has 0 heterocycles. The standard InChI is InChI=1S/C12H11NO3/c13-7-8-15-10-3-1-2-4-11(10)16-12(14)9-5-6-9/h1-4,9H,5-6,8H2. The molecule has 2 rings (SSSR count). The number of esters is 1. The van der Waals surface area contributed by atoms with Crippen molar-refractivity contribution in [3.63, 3.8) is 0 Å². The largest absolute Gasteiger partial charge is 0.475 e. The number of benzene rings is 1. The zero-order chi connectivity index (χ0) is 11.4. The lowest BCUT2D eigenvalue weighted by atomic mass is 10.3. The van der Waals surface area contributed by atoms with E-state index in [0.717, 1.165) is 12.8 Å². The van der Waals surface area contributed by atoms with Crippen LogP contribution in [0.25, 0.3) is 0 Å². The summed E-state index contributed by atoms with van der Waals surface area (Å²) in [5, 5.41) is 8.42. The summed E-state index contributed by atoms with van der Waals surface area (Å²) in [6, 6.07) is 8.73. The van der Waals surface area contributed by atoms with E-state index < -0.39 is 0 Å². The van der Waals surface area contributed by atoms with Crippen LogP contribution in [-0.4, -0.2) is 12.6 Å². The van der Waals surface area contributed by atoms with E-state index >= 15 is 0 Å². The third-order valence-corrected chi connectivity index (χ3v) is 2.26. The number of nitrogens with zero attached hydrogens (tertiary/aromatic N) is 1. The quantitative estimate of drug-likeness (QED) is 0.571. The fourth-order valence-electron chi connectivity index (χ4n) is 1.27. The van der Waals surface area contributed by atoms with Gasteiger partial charge in [-0.1, -0.05) is 12.1 Å². The summed E-state index contributed by atoms with van der Waals surface area (Å²) in [4.78, 5) is 11.5. The van der Waals surface area contributed by atoms with Crippen LogP contribution in [0.4, 0.5) is 0 Å². The number of nitriles is 1. The number of ether oxygens (including phenoxy) is 2. The molecule has 0 saturated heterocycles. The number of carbonyl (C=O) groups excluding carboxylic acids is 1. The van der Waals surface area contributed by atoms with Gasteiger partial charge in [0.2, 0.25) is 0 Å². The third-order valence-electron chi connectivity index (χ3n) is 2.26. The van der Waals surface area contributed by atoms with Crippen LogP contribution < -0.4 is 9.47 Å². The molecule has 0 spiro atoms. The SMILES string of the molecule is N#CCOc1ccccc1OC(=O)C1CC1. The second-order valence-corrected chi connectivity index (χ2v) is 3.59. The summed E-state index contributed by atoms with van der Waals surface area (Å²) in [7, 11) is 0. The molecular formula is C12H11NO3. The maximum absolute atomic E-state index is 11.5. The lowest BCUT2D eigenvalue weighted by Crippen LogP contribution is -2.10. The minimum atomic E-state index is -0.215. The molecule has 0 atom stereocenters. The van der Waals surface area contributed by atoms with Crippen LogP contribution in [0.3, 0.4) is 0 Å². The Morgan fingerprint density at radius 2 is 2.06 bits per heavy atom. The summed E-state index contributed by atoms with van der Waals surface area (Å²) in [6.07, 6.45) is 1.81. The fraction of sp³-hybridized carbons (Fsp3) is 0.333. The van der Waals surface area contributed by atoms with Gasteiger partial charge in [0, 0.05) is 0 Å². The molecule has 1 fully saturated rings. The van der Waals surface area contributed by atoms with Crippen LogP contribution >= 0.6 is 0 Å². The second kappa shape index (κ2) is 4.67. The van der Waals surface area contributed by atoms with Crippen LogP contribution in [0, 0.1) is 17.2 Å². The van der Waals surface area contributed by atoms with E-state index in [9.17, 15) is 4.79 Å². The van der Waals surface area contributed by atoms with Crippen molar-refractivity contribution in [2.75, 3.05) is 6.61 Å². The number of hydrogen-bond acceptors (Lipinski definition) is 4. The molecular weight excluding hydrogens is 206 g/mol. The lowest BCUT2D eigenvalue weighted by Gasteiger charge is -2.08. The van der Waals surface area contributed by atoms with Crippen LogP contribution in [0.5, 0.6) is 11.5 Å². The van der Waals surface area contributed by atoms with E-state index in [0.29, 0.717) is 11.5 Å². The average molecular weight is 217 g/mol. The van der Waals surface area contributed by atoms with Gasteiger partial charge >= 0.3 is 5.97 Å². The predicted octanol–water partition coefficient (Wildman–Crippen LogP) is 1.90. The molecule has 0 amide bonds. The number of para-hydroxylation sites is 2. The molecule has 0 radical (unpaired) electrons. The molecule has 4 heteroatoms. The summed E-state index contributed by atoms with van der Waals surface area (Å²) in [5.74, 6) is 0.643. The lowest BCUT2D eigenvalue weighted by molar-refractivity contribution is -0.135. The van der Waals surface area contributed by atoms with Crippen molar-refractivity contribution in [1.82, 2.24) is 0 Å². The van der Waals surface area contributed by atoms with Crippen LogP contribution in [0.15, 0.2) is 24.3 Å². The van der Waals surface area contributed by atoms with Crippen LogP contribution in [0.2, 0.25) is 0 Å². The molecule has 16 heavy (non-hydrogen) atoms. The highest BCUT2D eigenvalue weighted by Crippen LogP contribution is 2.33. The van der Waals surface area contributed by atoms with E-state index in [-0.39, 0.29) is 18.5 Å². The van der Waals surface area contributed by atoms with Crippen LogP contribution in [-0.2, 0) is 4.79 Å². The topological polar surface area (TPSA) is 59.3 Å². The summed E-state index contributed by atoms with van der Waals surface area (Å²) < 4.78 is 10.3. The van der Waals surface area contributed by atoms with E-state index in [1.807, 2.05) is 6.07 Å². The molecule has 1 aromatic carbocycles. The smallest absolute Gasteiger partial charge is 0.314 e. The first-order chi connectivity index (χ1) is 7.81. The minimum absolute atomic E-state index is 0.0454. The van der Waals surface area contributed by atoms with E-state index in [2.05, 4.69) is 0 Å². The molecule has 0 aromatic heterocycles. The molecule has 4 nitrogen and oxygen atoms in total. The maximum Gasteiger partial charge on any atom is 0.314 e. The van der Waals surface area contributed by atoms with Crippen molar-refractivity contribution in [1.29, 1.82) is 5.26 Å². The Morgan fingerprint density at radius 1 is 1.38 bits per heavy atom. The van der Waals surface area contributed by atoms with Gasteiger partial charge in [-0.05, 0) is 25.0 Å². The van der Waals surface area contributed by atoms with Gasteiger partial charge in [-0.25, -0.2) is 0 Å². The molecule has 1 saturated carbocycles. The Hall–Kier alpha value is -2.02. The zero-order valence-electron chi connectivity index (χ0n) is 8.68. The molecule has 0 aliphatic heterocycles. The molecule has 0 unspecified atom stereocenters. The molecule has 82 valence electrons. The number of carbonyl (C=O) groups is 1. The molecule has 1 aliphatic rings. The van der Waals surface area contributed by atoms with Crippen molar-refractivity contribution in [3.8, 4) is 17.6 Å². The Morgan fingerprint density at radius 3 is 2.69 bits per heavy atom. The Balaban J connectivity index is 2.06. The van der Waals surface area contributed by atoms with Gasteiger partial charge in [0.25, 0.3) is 0 Å². The van der Waals surface area contributed by atoms with Gasteiger partial charge in [0.1, 0.15) is 6.07 Å². The van der Waals surface area contributed by atoms with Gasteiger partial charge in [-0.15, -0.1) is 0 Å². The highest BCUT2D eigenvalue weighted by Gasteiger charge is 2.32. The van der Waals surface area contributed by atoms with Crippen LogP contribution in [0.1, 0.15) is 12.8 Å². The molecule has 0 bridgehead atoms. The summed E-state index contributed by atoms with van der Waals surface area (Å²) in [6.45, 7) is -0.0575. The van der Waals surface area contributed by atoms with Gasteiger partial charge in [-0.2, -0.15) is 5.26 Å². The number of hydrogen-bond donors (Lipinski definition) is 0. The van der Waals surface area contributed by atoms with Gasteiger partial charge in [0.15, 0.2) is 18.1 Å². The molecule has 1 aromatic rings. The van der Waals surface area contributed by atoms with E-state index in [1.165, 1.54) is 0 Å². The number of rotatable bonds is 4. The van der Waals surface area contributed by atoms with Gasteiger partial charge in [-0.3, -0.25) is 4.79 Å². The Kier molecular flexibility index (Phi) is 3.06. The monoisotopic (exact) mass is 217 g/mol. The van der Waals surface area contributed by atoms with Crippen molar-refractivity contribution in [2.24, 2.45) is 5.92 Å². The summed E-state index contributed by atoms with van der Waals surface area (Å²) >= 11 is 0. The third kappa shape index (κ3) is 2.51. The molecule has 1 aliphatic carbocycles. The second-order valence-electron chi connectivity index (χ2n) is 3.59. The maximum atomic E-state index is 11.5. The average Bonchev–Trinajstić information content (AvgIpc) is 3.11. The highest BCUT2D eigenvalue weighted by molar-refractivity contribution is 5.78. The van der Waals surface area contributed by atoms with Crippen molar-refractivity contribution < 1.29 is 14.3 Å². The first-order valence-electron chi connectivity index (χ1n) is 5.11. The molecule has 0 N–H and O–H groups in total. The van der Waals surface area contributed by atoms with Gasteiger partial charge < -0.3 is 9.47 Å². The van der Waals surface area contributed by atoms with Crippen molar-refractivity contribution in [2.45, 2.75) is 12.8 Å². The fourth-order valence-corrected chi connectivity index (χ4v) is 1.27.